The van der Waals surface area contributed by atoms with Crippen LogP contribution in [0.5, 0.6) is 0 Å². The Morgan fingerprint density at radius 1 is 1.25 bits per heavy atom. The molecule has 154 valence electrons. The predicted octanol–water partition coefficient (Wildman–Crippen LogP) is 1.78. The second-order valence-electron chi connectivity index (χ2n) is 6.84. The molecule has 1 unspecified atom stereocenters. The number of halogens is 2. The summed E-state index contributed by atoms with van der Waals surface area (Å²) in [6.45, 7) is 4.75. The molecule has 1 aromatic rings. The molecule has 3 N–H and O–H groups in total. The van der Waals surface area contributed by atoms with Crippen LogP contribution in [0.15, 0.2) is 23.2 Å². The van der Waals surface area contributed by atoms with E-state index >= 15 is 0 Å². The van der Waals surface area contributed by atoms with E-state index in [0.29, 0.717) is 50.4 Å². The summed E-state index contributed by atoms with van der Waals surface area (Å²) >= 11 is 0. The number of amides is 3. The zero-order valence-electron chi connectivity index (χ0n) is 16.4. The average molecular weight is 395 g/mol. The number of benzene rings is 1. The highest BCUT2D eigenvalue weighted by Gasteiger charge is 2.45. The van der Waals surface area contributed by atoms with Gasteiger partial charge in [-0.05, 0) is 49.9 Å². The van der Waals surface area contributed by atoms with Gasteiger partial charge in [-0.1, -0.05) is 6.92 Å². The summed E-state index contributed by atoms with van der Waals surface area (Å²) in [7, 11) is 1.60. The van der Waals surface area contributed by atoms with Gasteiger partial charge in [0.1, 0.15) is 17.2 Å². The Kier molecular flexibility index (Phi) is 7.31. The Labute approximate surface area is 163 Å². The third-order valence-electron chi connectivity index (χ3n) is 4.82. The molecule has 1 aromatic carbocycles. The van der Waals surface area contributed by atoms with Crippen molar-refractivity contribution in [3.05, 3.63) is 35.4 Å². The van der Waals surface area contributed by atoms with Crippen LogP contribution in [0.3, 0.4) is 0 Å². The summed E-state index contributed by atoms with van der Waals surface area (Å²) in [5.74, 6) is -0.621. The summed E-state index contributed by atoms with van der Waals surface area (Å²) in [6.07, 6.45) is 1.40. The molecule has 0 radical (unpaired) electrons. The highest BCUT2D eigenvalue weighted by Crippen LogP contribution is 2.20. The van der Waals surface area contributed by atoms with Crippen molar-refractivity contribution in [3.8, 4) is 0 Å². The second kappa shape index (κ2) is 9.48. The molecule has 1 atom stereocenters. The molecule has 1 fully saturated rings. The maximum atomic E-state index is 13.6. The summed E-state index contributed by atoms with van der Waals surface area (Å²) in [6, 6.07) is 3.00. The number of imide groups is 1. The van der Waals surface area contributed by atoms with E-state index in [4.69, 9.17) is 0 Å². The van der Waals surface area contributed by atoms with Gasteiger partial charge in [-0.3, -0.25) is 14.7 Å². The minimum Gasteiger partial charge on any atom is -0.356 e. The maximum absolute atomic E-state index is 13.6. The monoisotopic (exact) mass is 395 g/mol. The third-order valence-corrected chi connectivity index (χ3v) is 4.82. The molecule has 0 aromatic heterocycles. The quantitative estimate of drug-likeness (QED) is 0.271. The van der Waals surface area contributed by atoms with Crippen LogP contribution in [0.1, 0.15) is 32.3 Å². The van der Waals surface area contributed by atoms with Gasteiger partial charge in [0.05, 0.1) is 0 Å². The summed E-state index contributed by atoms with van der Waals surface area (Å²) in [5.41, 5.74) is -0.533. The van der Waals surface area contributed by atoms with Gasteiger partial charge >= 0.3 is 6.03 Å². The SMILES string of the molecule is CCC1(C)NC(=O)N(CCCNC(=NC)NCCc2cc(F)ccc2F)C1=O. The number of aliphatic imine (C=N–C) groups is 1. The molecule has 0 bridgehead atoms. The van der Waals surface area contributed by atoms with E-state index in [1.54, 1.807) is 14.0 Å². The molecule has 1 saturated heterocycles. The molecule has 7 nitrogen and oxygen atoms in total. The molecule has 0 aliphatic carbocycles. The van der Waals surface area contributed by atoms with E-state index in [1.165, 1.54) is 11.0 Å². The normalized spacial score (nSPS) is 19.8. The van der Waals surface area contributed by atoms with Gasteiger partial charge in [-0.15, -0.1) is 0 Å². The highest BCUT2D eigenvalue weighted by molar-refractivity contribution is 6.06. The Morgan fingerprint density at radius 3 is 2.61 bits per heavy atom. The lowest BCUT2D eigenvalue weighted by Gasteiger charge is -2.19. The first-order valence-electron chi connectivity index (χ1n) is 9.33. The van der Waals surface area contributed by atoms with Crippen molar-refractivity contribution in [3.63, 3.8) is 0 Å². The minimum absolute atomic E-state index is 0.209. The van der Waals surface area contributed by atoms with Crippen molar-refractivity contribution in [1.82, 2.24) is 20.9 Å². The fraction of sp³-hybridized carbons (Fsp3) is 0.526. The lowest BCUT2D eigenvalue weighted by atomic mass is 9.99. The van der Waals surface area contributed by atoms with Crippen LogP contribution in [0.2, 0.25) is 0 Å². The molecule has 1 aliphatic heterocycles. The van der Waals surface area contributed by atoms with Crippen LogP contribution in [0.25, 0.3) is 0 Å². The van der Waals surface area contributed by atoms with E-state index in [2.05, 4.69) is 20.9 Å². The average Bonchev–Trinajstić information content (AvgIpc) is 2.89. The predicted molar refractivity (Wildman–Crippen MR) is 103 cm³/mol. The first-order valence-corrected chi connectivity index (χ1v) is 9.33. The minimum atomic E-state index is -0.825. The van der Waals surface area contributed by atoms with Crippen molar-refractivity contribution in [1.29, 1.82) is 0 Å². The molecule has 2 rings (SSSR count). The van der Waals surface area contributed by atoms with Crippen molar-refractivity contribution >= 4 is 17.9 Å². The van der Waals surface area contributed by atoms with E-state index in [9.17, 15) is 18.4 Å². The molecule has 3 amide bonds. The lowest BCUT2D eigenvalue weighted by molar-refractivity contribution is -0.130. The Morgan fingerprint density at radius 2 is 1.96 bits per heavy atom. The fourth-order valence-corrected chi connectivity index (χ4v) is 2.90. The third kappa shape index (κ3) is 5.17. The van der Waals surface area contributed by atoms with E-state index < -0.39 is 17.2 Å². The van der Waals surface area contributed by atoms with Crippen molar-refractivity contribution in [2.45, 2.75) is 38.6 Å². The van der Waals surface area contributed by atoms with Crippen LogP contribution < -0.4 is 16.0 Å². The molecule has 28 heavy (non-hydrogen) atoms. The molecule has 9 heteroatoms. The number of nitrogens with one attached hydrogen (secondary N) is 3. The molecule has 1 heterocycles. The van der Waals surface area contributed by atoms with Gasteiger partial charge in [0.25, 0.3) is 5.91 Å². The first kappa shape index (κ1) is 21.6. The number of urea groups is 1. The molecular weight excluding hydrogens is 368 g/mol. The topological polar surface area (TPSA) is 85.8 Å². The van der Waals surface area contributed by atoms with Gasteiger partial charge in [-0.2, -0.15) is 0 Å². The summed E-state index contributed by atoms with van der Waals surface area (Å²) in [4.78, 5) is 29.6. The largest absolute Gasteiger partial charge is 0.356 e. The van der Waals surface area contributed by atoms with Crippen LogP contribution >= 0.6 is 0 Å². The first-order chi connectivity index (χ1) is 13.3. The zero-order valence-corrected chi connectivity index (χ0v) is 16.4. The van der Waals surface area contributed by atoms with E-state index in [0.717, 1.165) is 12.1 Å². The van der Waals surface area contributed by atoms with Crippen LogP contribution in [-0.2, 0) is 11.2 Å². The number of carbonyl (C=O) groups excluding carboxylic acids is 2. The summed E-state index contributed by atoms with van der Waals surface area (Å²) < 4.78 is 26.8. The van der Waals surface area contributed by atoms with Gasteiger partial charge in [0.2, 0.25) is 0 Å². The van der Waals surface area contributed by atoms with E-state index in [1.807, 2.05) is 6.92 Å². The van der Waals surface area contributed by atoms with Crippen molar-refractivity contribution < 1.29 is 18.4 Å². The van der Waals surface area contributed by atoms with Crippen LogP contribution in [0.4, 0.5) is 13.6 Å². The van der Waals surface area contributed by atoms with Crippen molar-refractivity contribution in [2.24, 2.45) is 4.99 Å². The number of hydrogen-bond acceptors (Lipinski definition) is 3. The lowest BCUT2D eigenvalue weighted by Crippen LogP contribution is -2.43. The Balaban J connectivity index is 1.72. The van der Waals surface area contributed by atoms with Gasteiger partial charge in [0, 0.05) is 26.7 Å². The molecule has 0 saturated carbocycles. The highest BCUT2D eigenvalue weighted by atomic mass is 19.1. The number of guanidine groups is 1. The standard InChI is InChI=1S/C19H27F2N5O2/c1-4-19(2)16(27)26(18(28)25-19)11-5-9-23-17(22-3)24-10-8-13-12-14(20)6-7-15(13)21/h6-7,12H,4-5,8-11H2,1-3H3,(H,25,28)(H2,22,23,24). The second-order valence-corrected chi connectivity index (χ2v) is 6.84. The van der Waals surface area contributed by atoms with Gasteiger partial charge in [-0.25, -0.2) is 13.6 Å². The maximum Gasteiger partial charge on any atom is 0.325 e. The van der Waals surface area contributed by atoms with Gasteiger partial charge < -0.3 is 16.0 Å². The number of carbonyl (C=O) groups is 2. The number of hydrogen-bond donors (Lipinski definition) is 3. The molecule has 1 aliphatic rings. The Hall–Kier alpha value is -2.71. The van der Waals surface area contributed by atoms with Gasteiger partial charge in [0.15, 0.2) is 5.96 Å². The van der Waals surface area contributed by atoms with Crippen LogP contribution in [-0.4, -0.2) is 55.0 Å². The molecular formula is C19H27F2N5O2. The zero-order chi connectivity index (χ0) is 20.7. The Bertz CT molecular complexity index is 756. The smallest absolute Gasteiger partial charge is 0.325 e. The van der Waals surface area contributed by atoms with E-state index in [-0.39, 0.29) is 11.9 Å². The number of rotatable bonds is 8. The fourth-order valence-electron chi connectivity index (χ4n) is 2.90. The summed E-state index contributed by atoms with van der Waals surface area (Å²) in [5, 5.41) is 8.81. The number of nitrogens with zero attached hydrogens (tertiary/aromatic N) is 2. The van der Waals surface area contributed by atoms with Crippen molar-refractivity contribution in [2.75, 3.05) is 26.7 Å². The molecule has 0 spiro atoms. The van der Waals surface area contributed by atoms with Crippen LogP contribution in [0, 0.1) is 11.6 Å².